The summed E-state index contributed by atoms with van der Waals surface area (Å²) in [6, 6.07) is 0. The van der Waals surface area contributed by atoms with Gasteiger partial charge in [-0.2, -0.15) is 0 Å². The second-order valence-corrected chi connectivity index (χ2v) is 4.55. The Morgan fingerprint density at radius 2 is 2.17 bits per heavy atom. The van der Waals surface area contributed by atoms with Crippen LogP contribution in [0.2, 0.25) is 0 Å². The Labute approximate surface area is 108 Å². The van der Waals surface area contributed by atoms with Gasteiger partial charge in [-0.1, -0.05) is 11.3 Å². The van der Waals surface area contributed by atoms with E-state index in [0.717, 1.165) is 11.4 Å². The van der Waals surface area contributed by atoms with E-state index in [4.69, 9.17) is 0 Å². The average molecular weight is 264 g/mol. The molecule has 0 aliphatic heterocycles. The van der Waals surface area contributed by atoms with Crippen molar-refractivity contribution in [2.75, 3.05) is 12.4 Å². The maximum Gasteiger partial charge on any atom is 0.349 e. The number of nitrogens with zero attached hydrogens (tertiary/aromatic N) is 3. The summed E-state index contributed by atoms with van der Waals surface area (Å²) in [6.45, 7) is 2.40. The number of carbonyl (C=O) groups is 1. The van der Waals surface area contributed by atoms with E-state index in [0.29, 0.717) is 16.6 Å². The fourth-order valence-electron chi connectivity index (χ4n) is 1.23. The molecular weight excluding hydrogens is 252 g/mol. The highest BCUT2D eigenvalue weighted by Gasteiger charge is 2.10. The van der Waals surface area contributed by atoms with Crippen LogP contribution in [0.25, 0.3) is 0 Å². The van der Waals surface area contributed by atoms with Crippen molar-refractivity contribution >= 4 is 22.4 Å². The monoisotopic (exact) mass is 264 g/mol. The van der Waals surface area contributed by atoms with Crippen LogP contribution >= 0.6 is 11.3 Å². The lowest BCUT2D eigenvalue weighted by Crippen LogP contribution is -2.02. The van der Waals surface area contributed by atoms with Gasteiger partial charge in [0.15, 0.2) is 5.13 Å². The van der Waals surface area contributed by atoms with Crippen molar-refractivity contribution < 1.29 is 9.53 Å². The number of thiazole rings is 1. The zero-order valence-electron chi connectivity index (χ0n) is 10.0. The third-order valence-electron chi connectivity index (χ3n) is 2.15. The topological polar surface area (TPSA) is 77.0 Å². The second-order valence-electron chi connectivity index (χ2n) is 3.52. The molecule has 94 valence electrons. The normalized spacial score (nSPS) is 10.1. The lowest BCUT2D eigenvalue weighted by atomic mass is 10.4. The van der Waals surface area contributed by atoms with E-state index in [1.54, 1.807) is 12.4 Å². The first-order valence-electron chi connectivity index (χ1n) is 5.24. The predicted molar refractivity (Wildman–Crippen MR) is 67.5 cm³/mol. The molecule has 2 heterocycles. The first-order chi connectivity index (χ1) is 8.69. The van der Waals surface area contributed by atoms with Gasteiger partial charge >= 0.3 is 5.97 Å². The summed E-state index contributed by atoms with van der Waals surface area (Å²) in [5.41, 5.74) is 1.69. The molecule has 1 N–H and O–H groups in total. The highest BCUT2D eigenvalue weighted by molar-refractivity contribution is 7.17. The van der Waals surface area contributed by atoms with Crippen LogP contribution in [0.5, 0.6) is 0 Å². The summed E-state index contributed by atoms with van der Waals surface area (Å²) < 4.78 is 4.61. The molecule has 0 spiro atoms. The minimum absolute atomic E-state index is 0.379. The number of carbonyl (C=O) groups excluding carboxylic acids is 1. The number of anilines is 1. The molecule has 2 aromatic heterocycles. The van der Waals surface area contributed by atoms with E-state index in [-0.39, 0.29) is 5.97 Å². The Morgan fingerprint density at radius 1 is 1.33 bits per heavy atom. The van der Waals surface area contributed by atoms with Crippen molar-refractivity contribution in [1.29, 1.82) is 0 Å². The SMILES string of the molecule is COC(=O)c1cnc(NCc2cnc(C)cn2)s1. The van der Waals surface area contributed by atoms with Gasteiger partial charge in [0.25, 0.3) is 0 Å². The number of aromatic nitrogens is 3. The molecule has 0 radical (unpaired) electrons. The first-order valence-corrected chi connectivity index (χ1v) is 6.06. The number of methoxy groups -OCH3 is 1. The Balaban J connectivity index is 1.96. The van der Waals surface area contributed by atoms with E-state index in [9.17, 15) is 4.79 Å². The lowest BCUT2D eigenvalue weighted by molar-refractivity contribution is 0.0606. The average Bonchev–Trinajstić information content (AvgIpc) is 2.86. The Bertz CT molecular complexity index is 538. The van der Waals surface area contributed by atoms with Gasteiger partial charge in [0.2, 0.25) is 0 Å². The number of hydrogen-bond donors (Lipinski definition) is 1. The van der Waals surface area contributed by atoms with Gasteiger partial charge < -0.3 is 10.1 Å². The second kappa shape index (κ2) is 5.54. The van der Waals surface area contributed by atoms with Crippen molar-refractivity contribution in [3.63, 3.8) is 0 Å². The predicted octanol–water partition coefficient (Wildman–Crippen LogP) is 1.64. The molecule has 0 aromatic carbocycles. The minimum atomic E-state index is -0.379. The van der Waals surface area contributed by atoms with Crippen molar-refractivity contribution in [3.8, 4) is 0 Å². The summed E-state index contributed by atoms with van der Waals surface area (Å²) in [7, 11) is 1.34. The van der Waals surface area contributed by atoms with Crippen LogP contribution < -0.4 is 5.32 Å². The quantitative estimate of drug-likeness (QED) is 0.846. The van der Waals surface area contributed by atoms with E-state index >= 15 is 0 Å². The molecule has 0 bridgehead atoms. The molecule has 0 aliphatic rings. The largest absolute Gasteiger partial charge is 0.465 e. The summed E-state index contributed by atoms with van der Waals surface area (Å²) in [4.78, 5) is 24.1. The van der Waals surface area contributed by atoms with E-state index in [2.05, 4.69) is 25.0 Å². The zero-order valence-corrected chi connectivity index (χ0v) is 10.8. The van der Waals surface area contributed by atoms with Gasteiger partial charge in [-0.05, 0) is 6.92 Å². The van der Waals surface area contributed by atoms with Gasteiger partial charge in [0.05, 0.1) is 37.4 Å². The lowest BCUT2D eigenvalue weighted by Gasteiger charge is -2.01. The summed E-state index contributed by atoms with van der Waals surface area (Å²) in [5.74, 6) is -0.379. The fraction of sp³-hybridized carbons (Fsp3) is 0.273. The van der Waals surface area contributed by atoms with Gasteiger partial charge in [-0.25, -0.2) is 9.78 Å². The van der Waals surface area contributed by atoms with Crippen molar-refractivity contribution in [2.24, 2.45) is 0 Å². The maximum atomic E-state index is 11.2. The minimum Gasteiger partial charge on any atom is -0.465 e. The number of esters is 1. The highest BCUT2D eigenvalue weighted by atomic mass is 32.1. The number of hydrogen-bond acceptors (Lipinski definition) is 7. The molecule has 2 rings (SSSR count). The molecule has 18 heavy (non-hydrogen) atoms. The van der Waals surface area contributed by atoms with Crippen LogP contribution in [0.1, 0.15) is 21.1 Å². The molecule has 0 atom stereocenters. The van der Waals surface area contributed by atoms with Crippen LogP contribution in [-0.2, 0) is 11.3 Å². The number of ether oxygens (including phenoxy) is 1. The van der Waals surface area contributed by atoms with Gasteiger partial charge in [-0.3, -0.25) is 9.97 Å². The Kier molecular flexibility index (Phi) is 3.83. The maximum absolute atomic E-state index is 11.2. The number of aryl methyl sites for hydroxylation is 1. The molecule has 6 nitrogen and oxygen atoms in total. The molecule has 0 saturated carbocycles. The van der Waals surface area contributed by atoms with Crippen molar-refractivity contribution in [1.82, 2.24) is 15.0 Å². The van der Waals surface area contributed by atoms with Crippen LogP contribution in [0.15, 0.2) is 18.6 Å². The molecule has 7 heteroatoms. The van der Waals surface area contributed by atoms with Crippen LogP contribution in [0, 0.1) is 6.92 Å². The molecular formula is C11H12N4O2S. The Morgan fingerprint density at radius 3 is 2.83 bits per heavy atom. The standard InChI is InChI=1S/C11H12N4O2S/c1-7-3-13-8(4-12-7)5-14-11-15-6-9(18-11)10(16)17-2/h3-4,6H,5H2,1-2H3,(H,14,15). The van der Waals surface area contributed by atoms with Crippen LogP contribution in [0.4, 0.5) is 5.13 Å². The van der Waals surface area contributed by atoms with Gasteiger partial charge in [0, 0.05) is 6.20 Å². The third kappa shape index (κ3) is 3.01. The molecule has 0 aliphatic carbocycles. The number of rotatable bonds is 4. The smallest absolute Gasteiger partial charge is 0.349 e. The molecule has 0 fully saturated rings. The summed E-state index contributed by atoms with van der Waals surface area (Å²) in [6.07, 6.45) is 4.90. The van der Waals surface area contributed by atoms with Crippen LogP contribution in [0.3, 0.4) is 0 Å². The number of nitrogens with one attached hydrogen (secondary N) is 1. The van der Waals surface area contributed by atoms with E-state index in [1.807, 2.05) is 6.92 Å². The van der Waals surface area contributed by atoms with E-state index in [1.165, 1.54) is 24.6 Å². The molecule has 2 aromatic rings. The molecule has 0 saturated heterocycles. The van der Waals surface area contributed by atoms with Gasteiger partial charge in [-0.15, -0.1) is 0 Å². The fourth-order valence-corrected chi connectivity index (χ4v) is 1.96. The Hall–Kier alpha value is -2.02. The van der Waals surface area contributed by atoms with Gasteiger partial charge in [0.1, 0.15) is 4.88 Å². The van der Waals surface area contributed by atoms with Crippen LogP contribution in [-0.4, -0.2) is 28.0 Å². The third-order valence-corrected chi connectivity index (χ3v) is 3.08. The highest BCUT2D eigenvalue weighted by Crippen LogP contribution is 2.19. The van der Waals surface area contributed by atoms with Crippen molar-refractivity contribution in [2.45, 2.75) is 13.5 Å². The molecule has 0 unspecified atom stereocenters. The first kappa shape index (κ1) is 12.4. The zero-order chi connectivity index (χ0) is 13.0. The van der Waals surface area contributed by atoms with Crippen molar-refractivity contribution in [3.05, 3.63) is 34.9 Å². The summed E-state index contributed by atoms with van der Waals surface area (Å²) in [5, 5.41) is 3.73. The van der Waals surface area contributed by atoms with E-state index < -0.39 is 0 Å². The summed E-state index contributed by atoms with van der Waals surface area (Å²) >= 11 is 1.24. The molecule has 0 amide bonds.